The van der Waals surface area contributed by atoms with Gasteiger partial charge in [0.15, 0.2) is 6.61 Å². The van der Waals surface area contributed by atoms with E-state index in [-0.39, 0.29) is 30.7 Å². The number of carboxylic acid groups (broad SMARTS) is 1. The van der Waals surface area contributed by atoms with Crippen molar-refractivity contribution in [3.8, 4) is 17.2 Å². The standard InChI is InChI=1S/C22H28N2O8S/c1-33(29,30)24-20-10-19(6-7-21(20)26)31-12-17(25)11-23-16-4-2-14-3-5-18(9-15(14)8-16)32-13-22(27)28/h3,5-7,9-10,16-17,23-26H,2,4,8,11-13H2,1H3,(H,27,28). The van der Waals surface area contributed by atoms with Crippen LogP contribution in [-0.4, -0.2) is 67.9 Å². The molecule has 11 heteroatoms. The number of phenols is 1. The third-order valence-electron chi connectivity index (χ3n) is 5.12. The van der Waals surface area contributed by atoms with E-state index in [9.17, 15) is 23.4 Å². The van der Waals surface area contributed by atoms with Gasteiger partial charge in [-0.15, -0.1) is 0 Å². The Morgan fingerprint density at radius 2 is 1.88 bits per heavy atom. The van der Waals surface area contributed by atoms with Crippen molar-refractivity contribution >= 4 is 21.7 Å². The third kappa shape index (κ3) is 7.81. The molecule has 0 saturated carbocycles. The van der Waals surface area contributed by atoms with Gasteiger partial charge in [0.1, 0.15) is 30.0 Å². The second-order valence-corrected chi connectivity index (χ2v) is 9.73. The molecule has 0 aromatic heterocycles. The number of anilines is 1. The number of nitrogens with one attached hydrogen (secondary N) is 2. The predicted octanol–water partition coefficient (Wildman–Crippen LogP) is 1.11. The van der Waals surface area contributed by atoms with Gasteiger partial charge in [0, 0.05) is 18.7 Å². The molecule has 0 radical (unpaired) electrons. The number of phenolic OH excluding ortho intramolecular Hbond substituents is 1. The van der Waals surface area contributed by atoms with Gasteiger partial charge in [-0.2, -0.15) is 0 Å². The number of benzene rings is 2. The van der Waals surface area contributed by atoms with Crippen LogP contribution in [0.4, 0.5) is 5.69 Å². The van der Waals surface area contributed by atoms with Gasteiger partial charge in [0.25, 0.3) is 0 Å². The normalized spacial score (nSPS) is 16.5. The van der Waals surface area contributed by atoms with E-state index >= 15 is 0 Å². The summed E-state index contributed by atoms with van der Waals surface area (Å²) in [4.78, 5) is 10.7. The van der Waals surface area contributed by atoms with Crippen LogP contribution in [0.1, 0.15) is 17.5 Å². The maximum Gasteiger partial charge on any atom is 0.341 e. The first kappa shape index (κ1) is 24.6. The first-order valence-electron chi connectivity index (χ1n) is 10.4. The molecule has 2 atom stereocenters. The first-order chi connectivity index (χ1) is 15.6. The Hall–Kier alpha value is -3.02. The van der Waals surface area contributed by atoms with Crippen LogP contribution in [0.2, 0.25) is 0 Å². The minimum Gasteiger partial charge on any atom is -0.506 e. The van der Waals surface area contributed by atoms with E-state index in [1.165, 1.54) is 23.8 Å². The van der Waals surface area contributed by atoms with E-state index in [0.717, 1.165) is 31.1 Å². The number of aliphatic hydroxyl groups excluding tert-OH is 1. The molecule has 2 unspecified atom stereocenters. The molecule has 0 spiro atoms. The maximum absolute atomic E-state index is 11.4. The van der Waals surface area contributed by atoms with E-state index in [1.54, 1.807) is 6.07 Å². The predicted molar refractivity (Wildman–Crippen MR) is 121 cm³/mol. The number of fused-ring (bicyclic) bond motifs is 1. The van der Waals surface area contributed by atoms with E-state index in [0.29, 0.717) is 18.0 Å². The number of aryl methyl sites for hydroxylation is 1. The molecule has 0 fully saturated rings. The van der Waals surface area contributed by atoms with Crippen LogP contribution in [0.15, 0.2) is 36.4 Å². The summed E-state index contributed by atoms with van der Waals surface area (Å²) >= 11 is 0. The maximum atomic E-state index is 11.4. The first-order valence-corrected chi connectivity index (χ1v) is 12.3. The highest BCUT2D eigenvalue weighted by Crippen LogP contribution is 2.29. The van der Waals surface area contributed by atoms with Crippen LogP contribution in [0.3, 0.4) is 0 Å². The number of ether oxygens (including phenoxy) is 2. The highest BCUT2D eigenvalue weighted by atomic mass is 32.2. The Morgan fingerprint density at radius 3 is 2.61 bits per heavy atom. The second-order valence-electron chi connectivity index (χ2n) is 7.98. The summed E-state index contributed by atoms with van der Waals surface area (Å²) in [5, 5.41) is 32.1. The molecule has 10 nitrogen and oxygen atoms in total. The van der Waals surface area contributed by atoms with Crippen LogP contribution in [0.25, 0.3) is 0 Å². The summed E-state index contributed by atoms with van der Waals surface area (Å²) in [5.41, 5.74) is 2.28. The van der Waals surface area contributed by atoms with E-state index < -0.39 is 22.1 Å². The Bertz CT molecular complexity index is 1090. The quantitative estimate of drug-likeness (QED) is 0.298. The van der Waals surface area contributed by atoms with Gasteiger partial charge < -0.3 is 30.1 Å². The molecule has 0 aliphatic heterocycles. The van der Waals surface area contributed by atoms with Crippen molar-refractivity contribution in [1.29, 1.82) is 0 Å². The smallest absolute Gasteiger partial charge is 0.341 e. The van der Waals surface area contributed by atoms with Crippen molar-refractivity contribution in [3.63, 3.8) is 0 Å². The average molecular weight is 481 g/mol. The van der Waals surface area contributed by atoms with Gasteiger partial charge in [-0.3, -0.25) is 4.72 Å². The zero-order chi connectivity index (χ0) is 24.0. The summed E-state index contributed by atoms with van der Waals surface area (Å²) in [6.07, 6.45) is 2.66. The molecule has 0 amide bonds. The zero-order valence-electron chi connectivity index (χ0n) is 18.2. The minimum absolute atomic E-state index is 0.00445. The topological polar surface area (TPSA) is 154 Å². The highest BCUT2D eigenvalue weighted by Gasteiger charge is 2.20. The molecule has 180 valence electrons. The van der Waals surface area contributed by atoms with Crippen LogP contribution in [0, 0.1) is 0 Å². The number of aromatic hydroxyl groups is 1. The SMILES string of the molecule is CS(=O)(=O)Nc1cc(OCC(O)CNC2CCc3ccc(OCC(=O)O)cc3C2)ccc1O. The number of sulfonamides is 1. The minimum atomic E-state index is -3.56. The second kappa shape index (κ2) is 10.7. The molecular formula is C22H28N2O8S. The molecule has 1 aliphatic rings. The third-order valence-corrected chi connectivity index (χ3v) is 5.71. The number of hydrogen-bond donors (Lipinski definition) is 5. The van der Waals surface area contributed by atoms with Gasteiger partial charge in [-0.05, 0) is 54.7 Å². The van der Waals surface area contributed by atoms with Gasteiger partial charge in [0.2, 0.25) is 10.0 Å². The molecule has 0 heterocycles. The molecule has 5 N–H and O–H groups in total. The Kier molecular flexibility index (Phi) is 8.01. The lowest BCUT2D eigenvalue weighted by Crippen LogP contribution is -2.40. The van der Waals surface area contributed by atoms with Crippen molar-refractivity contribution in [2.45, 2.75) is 31.4 Å². The summed E-state index contributed by atoms with van der Waals surface area (Å²) in [6, 6.07) is 9.86. The monoisotopic (exact) mass is 480 g/mol. The molecule has 0 bridgehead atoms. The van der Waals surface area contributed by atoms with Crippen LogP contribution >= 0.6 is 0 Å². The molecule has 3 rings (SSSR count). The van der Waals surface area contributed by atoms with Crippen LogP contribution in [0.5, 0.6) is 17.2 Å². The lowest BCUT2D eigenvalue weighted by molar-refractivity contribution is -0.139. The average Bonchev–Trinajstić information content (AvgIpc) is 2.75. The number of hydrogen-bond acceptors (Lipinski definition) is 8. The van der Waals surface area contributed by atoms with Crippen molar-refractivity contribution in [2.24, 2.45) is 0 Å². The van der Waals surface area contributed by atoms with Gasteiger partial charge in [-0.1, -0.05) is 6.07 Å². The van der Waals surface area contributed by atoms with Gasteiger partial charge in [-0.25, -0.2) is 13.2 Å². The Morgan fingerprint density at radius 1 is 1.15 bits per heavy atom. The summed E-state index contributed by atoms with van der Waals surface area (Å²) in [6.45, 7) is -0.117. The Labute approximate surface area is 192 Å². The molecular weight excluding hydrogens is 452 g/mol. The van der Waals surface area contributed by atoms with Crippen molar-refractivity contribution in [3.05, 3.63) is 47.5 Å². The van der Waals surface area contributed by atoms with E-state index in [2.05, 4.69) is 10.0 Å². The molecule has 1 aliphatic carbocycles. The molecule has 2 aromatic rings. The largest absolute Gasteiger partial charge is 0.506 e. The Balaban J connectivity index is 1.48. The lowest BCUT2D eigenvalue weighted by Gasteiger charge is -2.27. The summed E-state index contributed by atoms with van der Waals surface area (Å²) in [5.74, 6) is -0.440. The summed E-state index contributed by atoms with van der Waals surface area (Å²) < 4.78 is 35.7. The number of carbonyl (C=O) groups is 1. The van der Waals surface area contributed by atoms with E-state index in [1.807, 2.05) is 12.1 Å². The van der Waals surface area contributed by atoms with Crippen molar-refractivity contribution < 1.29 is 38.0 Å². The van der Waals surface area contributed by atoms with Gasteiger partial charge >= 0.3 is 5.97 Å². The van der Waals surface area contributed by atoms with Crippen molar-refractivity contribution in [1.82, 2.24) is 5.32 Å². The fourth-order valence-corrected chi connectivity index (χ4v) is 4.15. The zero-order valence-corrected chi connectivity index (χ0v) is 19.0. The van der Waals surface area contributed by atoms with Crippen molar-refractivity contribution in [2.75, 3.05) is 30.7 Å². The molecule has 2 aromatic carbocycles. The lowest BCUT2D eigenvalue weighted by atomic mass is 9.88. The van der Waals surface area contributed by atoms with Crippen LogP contribution in [-0.2, 0) is 27.7 Å². The van der Waals surface area contributed by atoms with E-state index in [4.69, 9.17) is 14.6 Å². The number of rotatable bonds is 11. The molecule has 0 saturated heterocycles. The summed E-state index contributed by atoms with van der Waals surface area (Å²) in [7, 11) is -3.56. The van der Waals surface area contributed by atoms with Crippen LogP contribution < -0.4 is 19.5 Å². The number of carboxylic acids is 1. The fourth-order valence-electron chi connectivity index (χ4n) is 3.58. The van der Waals surface area contributed by atoms with Gasteiger partial charge in [0.05, 0.1) is 11.9 Å². The number of aliphatic carboxylic acids is 1. The highest BCUT2D eigenvalue weighted by molar-refractivity contribution is 7.92. The number of aliphatic hydroxyl groups is 1. The fraction of sp³-hybridized carbons (Fsp3) is 0.409. The molecule has 33 heavy (non-hydrogen) atoms.